The Morgan fingerprint density at radius 3 is 2.80 bits per heavy atom. The van der Waals surface area contributed by atoms with E-state index in [4.69, 9.17) is 11.0 Å². The summed E-state index contributed by atoms with van der Waals surface area (Å²) in [6.07, 6.45) is 0. The molecular formula is C3H6NO5P. The van der Waals surface area contributed by atoms with E-state index in [9.17, 15) is 9.36 Å². The maximum absolute atomic E-state index is 10.2. The third-order valence-electron chi connectivity index (χ3n) is 0.700. The number of carbonyl (C=O) groups is 1. The van der Waals surface area contributed by atoms with Gasteiger partial charge >= 0.3 is 14.7 Å². The van der Waals surface area contributed by atoms with Crippen LogP contribution in [-0.4, -0.2) is 23.9 Å². The first-order valence-electron chi connectivity index (χ1n) is 2.27. The third kappa shape index (κ3) is 3.47. The van der Waals surface area contributed by atoms with E-state index in [-0.39, 0.29) is 6.61 Å². The first kappa shape index (κ1) is 9.45. The molecule has 0 aliphatic rings. The fourth-order valence-corrected chi connectivity index (χ4v) is 0.468. The Hall–Kier alpha value is -0.550. The van der Waals surface area contributed by atoms with Gasteiger partial charge in [-0.2, -0.15) is 5.26 Å². The lowest BCUT2D eigenvalue weighted by Gasteiger charge is -2.02. The Balaban J connectivity index is 3.50. The number of nitrogens with two attached hydrogens (primary N) is 1. The molecule has 0 fully saturated rings. The summed E-state index contributed by atoms with van der Waals surface area (Å²) in [5.41, 5.74) is 5.01. The van der Waals surface area contributed by atoms with Crippen molar-refractivity contribution in [3.05, 3.63) is 0 Å². The largest absolute Gasteiger partial charge is 0.360 e. The quantitative estimate of drug-likeness (QED) is 0.334. The Labute approximate surface area is 58.1 Å². The number of hydrogen-bond acceptors (Lipinski definition) is 6. The highest BCUT2D eigenvalue weighted by Crippen LogP contribution is 1.95. The van der Waals surface area contributed by atoms with Crippen molar-refractivity contribution in [1.29, 1.82) is 0 Å². The summed E-state index contributed by atoms with van der Waals surface area (Å²) < 4.78 is 13.8. The zero-order chi connectivity index (χ0) is 7.98. The van der Waals surface area contributed by atoms with Crippen molar-refractivity contribution >= 4 is 14.7 Å². The second-order valence-electron chi connectivity index (χ2n) is 1.39. The fraction of sp³-hybridized carbons (Fsp3) is 0.667. The average Bonchev–Trinajstić information content (AvgIpc) is 1.98. The highest BCUT2D eigenvalue weighted by Gasteiger charge is 2.14. The van der Waals surface area contributed by atoms with Crippen molar-refractivity contribution < 1.29 is 24.0 Å². The lowest BCUT2D eigenvalue weighted by atomic mass is 10.3. The van der Waals surface area contributed by atoms with E-state index in [1.807, 2.05) is 0 Å². The van der Waals surface area contributed by atoms with Crippen molar-refractivity contribution in [3.8, 4) is 0 Å². The highest BCUT2D eigenvalue weighted by atomic mass is 31.1. The fourth-order valence-electron chi connectivity index (χ4n) is 0.246. The van der Waals surface area contributed by atoms with Crippen LogP contribution < -0.4 is 5.73 Å². The van der Waals surface area contributed by atoms with Crippen LogP contribution in [0.4, 0.5) is 0 Å². The van der Waals surface area contributed by atoms with Crippen LogP contribution in [0.2, 0.25) is 0 Å². The van der Waals surface area contributed by atoms with Gasteiger partial charge in [0.25, 0.3) is 0 Å². The lowest BCUT2D eigenvalue weighted by molar-refractivity contribution is -0.236. The molecule has 10 heavy (non-hydrogen) atoms. The molecule has 0 radical (unpaired) electrons. The van der Waals surface area contributed by atoms with Gasteiger partial charge in [-0.3, -0.25) is 9.41 Å². The minimum atomic E-state index is -1.11. The van der Waals surface area contributed by atoms with Crippen molar-refractivity contribution in [1.82, 2.24) is 0 Å². The van der Waals surface area contributed by atoms with Gasteiger partial charge in [0.2, 0.25) is 0 Å². The molecule has 0 aliphatic heterocycles. The molecule has 3 N–H and O–H groups in total. The molecule has 58 valence electrons. The Kier molecular flexibility index (Phi) is 4.96. The van der Waals surface area contributed by atoms with E-state index in [1.54, 1.807) is 0 Å². The van der Waals surface area contributed by atoms with Gasteiger partial charge in [0.05, 0.1) is 6.61 Å². The molecule has 0 saturated heterocycles. The second kappa shape index (κ2) is 5.25. The maximum atomic E-state index is 10.2. The zero-order valence-electron chi connectivity index (χ0n) is 4.89. The molecule has 1 unspecified atom stereocenters. The molecule has 0 aromatic heterocycles. The van der Waals surface area contributed by atoms with Crippen LogP contribution in [0.5, 0.6) is 0 Å². The van der Waals surface area contributed by atoms with Crippen molar-refractivity contribution in [2.75, 3.05) is 6.61 Å². The Morgan fingerprint density at radius 2 is 2.40 bits per heavy atom. The van der Waals surface area contributed by atoms with Gasteiger partial charge in [-0.1, -0.05) is 0 Å². The minimum absolute atomic E-state index is 0.259. The molecule has 0 saturated carbocycles. The van der Waals surface area contributed by atoms with Gasteiger partial charge in [-0.25, -0.2) is 9.36 Å². The van der Waals surface area contributed by atoms with E-state index in [1.165, 1.54) is 0 Å². The van der Waals surface area contributed by atoms with Crippen molar-refractivity contribution in [2.45, 2.75) is 6.04 Å². The second-order valence-corrected chi connectivity index (χ2v) is 1.79. The minimum Gasteiger partial charge on any atom is -0.316 e. The van der Waals surface area contributed by atoms with Crippen LogP contribution in [-0.2, 0) is 18.8 Å². The lowest BCUT2D eigenvalue weighted by Crippen LogP contribution is -2.35. The summed E-state index contributed by atoms with van der Waals surface area (Å²) in [6, 6.07) is -1.11. The van der Waals surface area contributed by atoms with Crippen LogP contribution in [0.25, 0.3) is 0 Å². The SMILES string of the molecule is NC(COP=O)C(=O)OO. The number of carbonyl (C=O) groups excluding carboxylic acids is 1. The molecule has 0 bridgehead atoms. The van der Waals surface area contributed by atoms with Gasteiger partial charge in [-0.15, -0.1) is 0 Å². The monoisotopic (exact) mass is 167 g/mol. The molecule has 0 amide bonds. The normalized spacial score (nSPS) is 13.0. The van der Waals surface area contributed by atoms with Crippen molar-refractivity contribution in [3.63, 3.8) is 0 Å². The molecule has 0 aromatic carbocycles. The molecule has 0 heterocycles. The van der Waals surface area contributed by atoms with E-state index < -0.39 is 20.7 Å². The molecule has 1 atom stereocenters. The summed E-state index contributed by atoms with van der Waals surface area (Å²) >= 11 is 0. The topological polar surface area (TPSA) is 98.9 Å². The van der Waals surface area contributed by atoms with Crippen LogP contribution >= 0.6 is 8.69 Å². The zero-order valence-corrected chi connectivity index (χ0v) is 5.78. The first-order chi connectivity index (χ1) is 4.72. The van der Waals surface area contributed by atoms with Crippen LogP contribution in [0.15, 0.2) is 0 Å². The average molecular weight is 167 g/mol. The van der Waals surface area contributed by atoms with Crippen molar-refractivity contribution in [2.24, 2.45) is 5.73 Å². The van der Waals surface area contributed by atoms with E-state index in [2.05, 4.69) is 9.41 Å². The summed E-state index contributed by atoms with van der Waals surface area (Å²) in [6.45, 7) is -0.259. The number of hydrogen-bond donors (Lipinski definition) is 2. The Morgan fingerprint density at radius 1 is 1.80 bits per heavy atom. The third-order valence-corrected chi connectivity index (χ3v) is 0.954. The molecule has 0 aliphatic carbocycles. The predicted molar refractivity (Wildman–Crippen MR) is 30.3 cm³/mol. The van der Waals surface area contributed by atoms with Crippen LogP contribution in [0.3, 0.4) is 0 Å². The smallest absolute Gasteiger partial charge is 0.316 e. The molecule has 7 heteroatoms. The van der Waals surface area contributed by atoms with Gasteiger partial charge in [0.15, 0.2) is 0 Å². The molecule has 0 spiro atoms. The summed E-state index contributed by atoms with van der Waals surface area (Å²) in [5, 5.41) is 7.74. The first-order valence-corrected chi connectivity index (χ1v) is 3.01. The summed E-state index contributed by atoms with van der Waals surface area (Å²) in [5.74, 6) is -1.02. The van der Waals surface area contributed by atoms with E-state index in [0.29, 0.717) is 0 Å². The Bertz CT molecular complexity index is 128. The molecule has 0 aromatic rings. The predicted octanol–water partition coefficient (Wildman–Crippen LogP) is -0.447. The molecular weight excluding hydrogens is 161 g/mol. The summed E-state index contributed by atoms with van der Waals surface area (Å²) in [7, 11) is -0.568. The van der Waals surface area contributed by atoms with E-state index >= 15 is 0 Å². The van der Waals surface area contributed by atoms with E-state index in [0.717, 1.165) is 0 Å². The maximum Gasteiger partial charge on any atom is 0.360 e. The van der Waals surface area contributed by atoms with Gasteiger partial charge < -0.3 is 5.73 Å². The van der Waals surface area contributed by atoms with Gasteiger partial charge in [0.1, 0.15) is 6.04 Å². The molecule has 0 rings (SSSR count). The highest BCUT2D eigenvalue weighted by molar-refractivity contribution is 7.17. The van der Waals surface area contributed by atoms with Crippen LogP contribution in [0, 0.1) is 0 Å². The van der Waals surface area contributed by atoms with Gasteiger partial charge in [0, 0.05) is 0 Å². The summed E-state index contributed by atoms with van der Waals surface area (Å²) in [4.78, 5) is 13.5. The van der Waals surface area contributed by atoms with Crippen LogP contribution in [0.1, 0.15) is 0 Å². The van der Waals surface area contributed by atoms with Gasteiger partial charge in [-0.05, 0) is 0 Å². The standard InChI is InChI=1S/C3H6NO5P/c4-2(1-8-10-7)3(5)9-6/h2,6H,1,4H2. The number of rotatable bonds is 4. The molecule has 6 nitrogen and oxygen atoms in total.